The standard InChI is InChI=1S/C17H25N3O4S/c1-14(16-7-5-4-6-8-16)20(25(3,23)24)13-17(22)19-11-9-18(10-12-19)15(2)21/h4-8,14H,9-13H2,1-3H3. The molecule has 7 nitrogen and oxygen atoms in total. The lowest BCUT2D eigenvalue weighted by atomic mass is 10.1. The van der Waals surface area contributed by atoms with Gasteiger partial charge in [0.15, 0.2) is 0 Å². The molecule has 1 aliphatic rings. The lowest BCUT2D eigenvalue weighted by Gasteiger charge is -2.36. The van der Waals surface area contributed by atoms with Crippen LogP contribution < -0.4 is 0 Å². The molecule has 0 aromatic heterocycles. The van der Waals surface area contributed by atoms with Gasteiger partial charge in [0, 0.05) is 39.1 Å². The van der Waals surface area contributed by atoms with Crippen LogP contribution in [0.2, 0.25) is 0 Å². The predicted octanol–water partition coefficient (Wildman–Crippen LogP) is 0.700. The summed E-state index contributed by atoms with van der Waals surface area (Å²) < 4.78 is 25.6. The van der Waals surface area contributed by atoms with E-state index in [1.54, 1.807) is 16.7 Å². The Hall–Kier alpha value is -1.93. The SMILES string of the molecule is CC(=O)N1CCN(C(=O)CN(C(C)c2ccccc2)S(C)(=O)=O)CC1. The van der Waals surface area contributed by atoms with Crippen LogP contribution in [0, 0.1) is 0 Å². The molecule has 2 rings (SSSR count). The summed E-state index contributed by atoms with van der Waals surface area (Å²) in [7, 11) is -3.55. The van der Waals surface area contributed by atoms with Crippen molar-refractivity contribution in [1.82, 2.24) is 14.1 Å². The van der Waals surface area contributed by atoms with Gasteiger partial charge in [-0.05, 0) is 12.5 Å². The van der Waals surface area contributed by atoms with E-state index in [9.17, 15) is 18.0 Å². The number of hydrogen-bond acceptors (Lipinski definition) is 4. The Morgan fingerprint density at radius 3 is 2.08 bits per heavy atom. The van der Waals surface area contributed by atoms with Gasteiger partial charge in [-0.2, -0.15) is 4.31 Å². The average Bonchev–Trinajstić information content (AvgIpc) is 2.58. The Balaban J connectivity index is 2.08. The summed E-state index contributed by atoms with van der Waals surface area (Å²) in [5.74, 6) is -0.251. The number of hydrogen-bond donors (Lipinski definition) is 0. The molecule has 1 unspecified atom stereocenters. The van der Waals surface area contributed by atoms with E-state index in [0.717, 1.165) is 11.8 Å². The zero-order chi connectivity index (χ0) is 18.6. The number of carbonyl (C=O) groups is 2. The molecule has 0 spiro atoms. The molecule has 0 aliphatic carbocycles. The van der Waals surface area contributed by atoms with Crippen LogP contribution in [0.5, 0.6) is 0 Å². The fourth-order valence-electron chi connectivity index (χ4n) is 2.94. The lowest BCUT2D eigenvalue weighted by Crippen LogP contribution is -2.52. The second kappa shape index (κ2) is 7.97. The number of sulfonamides is 1. The third-order valence-electron chi connectivity index (χ3n) is 4.51. The van der Waals surface area contributed by atoms with Crippen LogP contribution in [-0.2, 0) is 19.6 Å². The molecule has 25 heavy (non-hydrogen) atoms. The van der Waals surface area contributed by atoms with Gasteiger partial charge in [0.1, 0.15) is 0 Å². The number of amides is 2. The number of benzene rings is 1. The zero-order valence-electron chi connectivity index (χ0n) is 14.9. The molecule has 0 radical (unpaired) electrons. The van der Waals surface area contributed by atoms with Crippen LogP contribution in [0.4, 0.5) is 0 Å². The number of piperazine rings is 1. The molecule has 1 aliphatic heterocycles. The molecule has 1 aromatic rings. The third-order valence-corrected chi connectivity index (χ3v) is 5.81. The minimum Gasteiger partial charge on any atom is -0.339 e. The van der Waals surface area contributed by atoms with Crippen molar-refractivity contribution in [3.8, 4) is 0 Å². The first kappa shape index (κ1) is 19.4. The van der Waals surface area contributed by atoms with Crippen LogP contribution in [0.15, 0.2) is 30.3 Å². The molecular weight excluding hydrogens is 342 g/mol. The first-order valence-corrected chi connectivity index (χ1v) is 10.1. The fraction of sp³-hybridized carbons (Fsp3) is 0.529. The molecule has 1 heterocycles. The van der Waals surface area contributed by atoms with Crippen molar-refractivity contribution in [3.63, 3.8) is 0 Å². The van der Waals surface area contributed by atoms with Gasteiger partial charge in [-0.25, -0.2) is 8.42 Å². The molecule has 0 bridgehead atoms. The van der Waals surface area contributed by atoms with E-state index < -0.39 is 16.1 Å². The average molecular weight is 367 g/mol. The van der Waals surface area contributed by atoms with Crippen molar-refractivity contribution < 1.29 is 18.0 Å². The molecule has 0 saturated carbocycles. The van der Waals surface area contributed by atoms with Gasteiger partial charge >= 0.3 is 0 Å². The summed E-state index contributed by atoms with van der Waals surface area (Å²) in [6, 6.07) is 8.81. The van der Waals surface area contributed by atoms with Crippen LogP contribution in [0.1, 0.15) is 25.5 Å². The van der Waals surface area contributed by atoms with E-state index in [0.29, 0.717) is 26.2 Å². The molecule has 0 N–H and O–H groups in total. The predicted molar refractivity (Wildman–Crippen MR) is 95.2 cm³/mol. The normalized spacial score (nSPS) is 16.8. The van der Waals surface area contributed by atoms with Crippen LogP contribution in [0.25, 0.3) is 0 Å². The molecule has 1 aromatic carbocycles. The van der Waals surface area contributed by atoms with Gasteiger partial charge in [0.25, 0.3) is 0 Å². The van der Waals surface area contributed by atoms with E-state index in [1.165, 1.54) is 11.2 Å². The zero-order valence-corrected chi connectivity index (χ0v) is 15.7. The Morgan fingerprint density at radius 1 is 1.08 bits per heavy atom. The largest absolute Gasteiger partial charge is 0.339 e. The molecule has 1 atom stereocenters. The summed E-state index contributed by atoms with van der Waals surface area (Å²) >= 11 is 0. The van der Waals surface area contributed by atoms with Crippen LogP contribution >= 0.6 is 0 Å². The summed E-state index contributed by atoms with van der Waals surface area (Å²) in [6.45, 7) is 4.89. The second-order valence-electron chi connectivity index (χ2n) is 6.28. The topological polar surface area (TPSA) is 78.0 Å². The highest BCUT2D eigenvalue weighted by Gasteiger charge is 2.30. The van der Waals surface area contributed by atoms with Crippen molar-refractivity contribution in [3.05, 3.63) is 35.9 Å². The second-order valence-corrected chi connectivity index (χ2v) is 8.22. The number of rotatable bonds is 5. The summed E-state index contributed by atoms with van der Waals surface area (Å²) in [5.41, 5.74) is 0.835. The first-order valence-electron chi connectivity index (χ1n) is 8.25. The number of nitrogens with zero attached hydrogens (tertiary/aromatic N) is 3. The minimum absolute atomic E-state index is 0.0115. The Kier molecular flexibility index (Phi) is 6.18. The van der Waals surface area contributed by atoms with E-state index in [4.69, 9.17) is 0 Å². The Bertz CT molecular complexity index is 713. The van der Waals surface area contributed by atoms with Crippen molar-refractivity contribution in [2.75, 3.05) is 39.0 Å². The highest BCUT2D eigenvalue weighted by molar-refractivity contribution is 7.88. The Labute approximate surface area is 149 Å². The van der Waals surface area contributed by atoms with Gasteiger partial charge in [0.2, 0.25) is 21.8 Å². The summed E-state index contributed by atoms with van der Waals surface area (Å²) in [5, 5.41) is 0. The maximum Gasteiger partial charge on any atom is 0.238 e. The summed E-state index contributed by atoms with van der Waals surface area (Å²) in [4.78, 5) is 27.3. The van der Waals surface area contributed by atoms with Crippen molar-refractivity contribution in [2.45, 2.75) is 19.9 Å². The van der Waals surface area contributed by atoms with E-state index in [1.807, 2.05) is 30.3 Å². The van der Waals surface area contributed by atoms with Gasteiger partial charge in [-0.3, -0.25) is 9.59 Å². The first-order chi connectivity index (χ1) is 11.7. The molecule has 1 saturated heterocycles. The highest BCUT2D eigenvalue weighted by Crippen LogP contribution is 2.22. The van der Waals surface area contributed by atoms with Gasteiger partial charge in [-0.1, -0.05) is 30.3 Å². The molecule has 2 amide bonds. The van der Waals surface area contributed by atoms with Gasteiger partial charge in [-0.15, -0.1) is 0 Å². The van der Waals surface area contributed by atoms with E-state index >= 15 is 0 Å². The fourth-order valence-corrected chi connectivity index (χ4v) is 3.98. The van der Waals surface area contributed by atoms with Gasteiger partial charge in [0.05, 0.1) is 12.8 Å². The van der Waals surface area contributed by atoms with Crippen LogP contribution in [-0.4, -0.2) is 73.3 Å². The molecule has 8 heteroatoms. The van der Waals surface area contributed by atoms with E-state index in [2.05, 4.69) is 0 Å². The quantitative estimate of drug-likeness (QED) is 0.767. The van der Waals surface area contributed by atoms with Crippen molar-refractivity contribution in [1.29, 1.82) is 0 Å². The van der Waals surface area contributed by atoms with Crippen molar-refractivity contribution >= 4 is 21.8 Å². The highest BCUT2D eigenvalue weighted by atomic mass is 32.2. The minimum atomic E-state index is -3.55. The molecule has 138 valence electrons. The maximum absolute atomic E-state index is 12.6. The van der Waals surface area contributed by atoms with Gasteiger partial charge < -0.3 is 9.80 Å². The van der Waals surface area contributed by atoms with Crippen molar-refractivity contribution in [2.24, 2.45) is 0 Å². The molecular formula is C17H25N3O4S. The Morgan fingerprint density at radius 2 is 1.60 bits per heavy atom. The monoisotopic (exact) mass is 367 g/mol. The summed E-state index contributed by atoms with van der Waals surface area (Å²) in [6.07, 6.45) is 1.12. The third kappa shape index (κ3) is 5.02. The van der Waals surface area contributed by atoms with E-state index in [-0.39, 0.29) is 18.4 Å². The molecule has 1 fully saturated rings. The lowest BCUT2D eigenvalue weighted by molar-refractivity contribution is -0.138. The number of carbonyl (C=O) groups excluding carboxylic acids is 2. The smallest absolute Gasteiger partial charge is 0.238 e. The maximum atomic E-state index is 12.6. The van der Waals surface area contributed by atoms with Crippen LogP contribution in [0.3, 0.4) is 0 Å².